The van der Waals surface area contributed by atoms with Crippen molar-refractivity contribution in [1.29, 1.82) is 0 Å². The van der Waals surface area contributed by atoms with Crippen LogP contribution in [0.25, 0.3) is 28.4 Å². The number of phenolic OH excluding ortho intramolecular Hbond substituents is 2. The lowest BCUT2D eigenvalue weighted by molar-refractivity contribution is -0.358. The Labute approximate surface area is 379 Å². The Kier molecular flexibility index (Phi) is 15.2. The minimum absolute atomic E-state index is 0.00755. The summed E-state index contributed by atoms with van der Waals surface area (Å²) in [5.41, 5.74) is -0.484. The fraction of sp³-hybridized carbons (Fsp3) is 0.455. The molecule has 23 heteroatoms. The normalized spacial score (nSPS) is 32.2. The second-order valence-corrected chi connectivity index (χ2v) is 15.8. The molecule has 67 heavy (non-hydrogen) atoms. The average Bonchev–Trinajstić information content (AvgIpc) is 3.32. The van der Waals surface area contributed by atoms with Crippen LogP contribution in [0.4, 0.5) is 0 Å². The maximum atomic E-state index is 14.4. The lowest BCUT2D eigenvalue weighted by Crippen LogP contribution is -2.65. The van der Waals surface area contributed by atoms with Crippen LogP contribution in [0.15, 0.2) is 69.9 Å². The van der Waals surface area contributed by atoms with Crippen LogP contribution in [-0.4, -0.2) is 182 Å². The molecule has 0 radical (unpaired) electrons. The fourth-order valence-electron chi connectivity index (χ4n) is 7.50. The minimum atomic E-state index is -2.06. The lowest BCUT2D eigenvalue weighted by atomic mass is 9.97. The molecule has 3 saturated heterocycles. The van der Waals surface area contributed by atoms with E-state index in [0.29, 0.717) is 5.56 Å². The number of hydrogen-bond donors (Lipinski definition) is 11. The van der Waals surface area contributed by atoms with Crippen molar-refractivity contribution in [2.75, 3.05) is 27.4 Å². The summed E-state index contributed by atoms with van der Waals surface area (Å²) in [6.45, 7) is -0.154. The molecular formula is C44H50O23. The zero-order valence-corrected chi connectivity index (χ0v) is 35.7. The molecule has 23 nitrogen and oxygen atoms in total. The minimum Gasteiger partial charge on any atom is -0.508 e. The fourth-order valence-corrected chi connectivity index (χ4v) is 7.50. The molecule has 3 aliphatic rings. The summed E-state index contributed by atoms with van der Waals surface area (Å²) in [4.78, 5) is 27.1. The van der Waals surface area contributed by atoms with Gasteiger partial charge in [0.1, 0.15) is 84.7 Å². The molecule has 4 heterocycles. The highest BCUT2D eigenvalue weighted by molar-refractivity contribution is 5.87. The van der Waals surface area contributed by atoms with E-state index in [4.69, 9.17) is 47.0 Å². The second kappa shape index (κ2) is 20.7. The first-order valence-corrected chi connectivity index (χ1v) is 20.6. The Morgan fingerprint density at radius 1 is 0.701 bits per heavy atom. The SMILES string of the molecule is COc1cc(/C=C/C(=O)OC[C@H]2O[C@@H](O[C@H]3[C@H](Oc4c(-c5ccc(O)cc5)oc5cc(O[C@@H]6O[C@@H](C)[C@H](O)[C@@H](O)[C@H]6O)ccc5c4=O)O[C@H](CO)[C@@H](O)[C@@H]3O)[C@H](O)[C@@H](O)[C@@H]2O)cc(OC)c1O. The molecule has 3 fully saturated rings. The molecule has 15 atom stereocenters. The largest absolute Gasteiger partial charge is 0.508 e. The summed E-state index contributed by atoms with van der Waals surface area (Å²) in [6, 6.07) is 11.9. The van der Waals surface area contributed by atoms with Gasteiger partial charge in [-0.1, -0.05) is 0 Å². The van der Waals surface area contributed by atoms with Gasteiger partial charge in [0.25, 0.3) is 0 Å². The Balaban J connectivity index is 1.15. The van der Waals surface area contributed by atoms with Crippen molar-refractivity contribution in [3.05, 3.63) is 76.5 Å². The first-order valence-electron chi connectivity index (χ1n) is 20.6. The third-order valence-electron chi connectivity index (χ3n) is 11.3. The summed E-state index contributed by atoms with van der Waals surface area (Å²) in [5.74, 6) is -2.18. The number of rotatable bonds is 14. The molecule has 0 bridgehead atoms. The molecule has 11 N–H and O–H groups in total. The van der Waals surface area contributed by atoms with Crippen LogP contribution < -0.4 is 24.4 Å². The maximum absolute atomic E-state index is 14.4. The molecule has 0 spiro atoms. The van der Waals surface area contributed by atoms with Gasteiger partial charge in [-0.3, -0.25) is 4.79 Å². The van der Waals surface area contributed by atoms with Crippen LogP contribution >= 0.6 is 0 Å². The number of phenols is 2. The standard InChI is InChI=1S/C44H50O23/c1-17-29(48)34(53)37(56)42(61-17)62-21-9-10-22-23(14-21)63-39(19-5-7-20(46)8-6-19)40(30(22)49)66-44-41(36(55)32(51)26(15-45)64-44)67-43-38(57)35(54)33(52)27(65-43)16-60-28(47)11-4-18-12-24(58-2)31(50)25(13-18)59-3/h4-14,17,26-27,29,32-38,41-46,48,50-57H,15-16H2,1-3H3/b11-4+/t17-,26+,27+,29-,32+,33+,34+,35-,36-,37+,38+,41+,42-,43-,44-/m0/s1. The van der Waals surface area contributed by atoms with Crippen LogP contribution in [0.2, 0.25) is 0 Å². The van der Waals surface area contributed by atoms with Crippen LogP contribution in [0, 0.1) is 0 Å². The zero-order valence-electron chi connectivity index (χ0n) is 35.7. The molecule has 7 rings (SSSR count). The number of carbonyl (C=O) groups excluding carboxylic acids is 1. The zero-order chi connectivity index (χ0) is 48.4. The van der Waals surface area contributed by atoms with Gasteiger partial charge >= 0.3 is 5.97 Å². The van der Waals surface area contributed by atoms with Crippen LogP contribution in [-0.2, 0) is 28.5 Å². The van der Waals surface area contributed by atoms with Crippen molar-refractivity contribution in [2.45, 2.75) is 99.0 Å². The summed E-state index contributed by atoms with van der Waals surface area (Å²) >= 11 is 0. The highest BCUT2D eigenvalue weighted by Crippen LogP contribution is 2.39. The quantitative estimate of drug-likeness (QED) is 0.0499. The van der Waals surface area contributed by atoms with Gasteiger partial charge in [0.15, 0.2) is 29.7 Å². The maximum Gasteiger partial charge on any atom is 0.330 e. The third kappa shape index (κ3) is 10.3. The predicted octanol–water partition coefficient (Wildman–Crippen LogP) is -1.64. The molecular weight excluding hydrogens is 896 g/mol. The number of carbonyl (C=O) groups is 1. The van der Waals surface area contributed by atoms with Crippen molar-refractivity contribution < 1.29 is 108 Å². The first-order chi connectivity index (χ1) is 31.9. The van der Waals surface area contributed by atoms with E-state index in [0.717, 1.165) is 6.08 Å². The Morgan fingerprint density at radius 2 is 1.33 bits per heavy atom. The van der Waals surface area contributed by atoms with Gasteiger partial charge < -0.3 is 103 Å². The third-order valence-corrected chi connectivity index (χ3v) is 11.3. The monoisotopic (exact) mass is 946 g/mol. The Hall–Kier alpha value is -5.64. The van der Waals surface area contributed by atoms with E-state index >= 15 is 0 Å². The molecule has 364 valence electrons. The Morgan fingerprint density at radius 3 is 1.99 bits per heavy atom. The van der Waals surface area contributed by atoms with E-state index in [-0.39, 0.29) is 51.0 Å². The topological polar surface area (TPSA) is 353 Å². The summed E-state index contributed by atoms with van der Waals surface area (Å²) in [5, 5.41) is 116. The number of ether oxygens (including phenoxy) is 9. The number of aliphatic hydroxyl groups excluding tert-OH is 9. The molecule has 0 aliphatic carbocycles. The van der Waals surface area contributed by atoms with Crippen molar-refractivity contribution in [3.8, 4) is 45.8 Å². The second-order valence-electron chi connectivity index (χ2n) is 15.8. The van der Waals surface area contributed by atoms with Crippen molar-refractivity contribution in [2.24, 2.45) is 0 Å². The van der Waals surface area contributed by atoms with E-state index in [1.54, 1.807) is 0 Å². The number of hydrogen-bond acceptors (Lipinski definition) is 23. The first kappa shape index (κ1) is 49.3. The van der Waals surface area contributed by atoms with E-state index in [1.807, 2.05) is 0 Å². The van der Waals surface area contributed by atoms with Crippen LogP contribution in [0.5, 0.6) is 34.5 Å². The highest BCUT2D eigenvalue weighted by Gasteiger charge is 2.52. The van der Waals surface area contributed by atoms with E-state index < -0.39 is 122 Å². The van der Waals surface area contributed by atoms with Gasteiger partial charge in [0.05, 0.1) is 32.3 Å². The number of methoxy groups -OCH3 is 2. The molecule has 3 aliphatic heterocycles. The van der Waals surface area contributed by atoms with Crippen molar-refractivity contribution >= 4 is 23.0 Å². The van der Waals surface area contributed by atoms with Gasteiger partial charge in [0, 0.05) is 17.7 Å². The van der Waals surface area contributed by atoms with E-state index in [1.165, 1.54) is 81.8 Å². The Bertz CT molecular complexity index is 2420. The highest BCUT2D eigenvalue weighted by atomic mass is 16.8. The summed E-state index contributed by atoms with van der Waals surface area (Å²) in [6.07, 6.45) is -23.6. The van der Waals surface area contributed by atoms with Gasteiger partial charge in [-0.2, -0.15) is 0 Å². The summed E-state index contributed by atoms with van der Waals surface area (Å²) < 4.78 is 56.4. The smallest absolute Gasteiger partial charge is 0.330 e. The summed E-state index contributed by atoms with van der Waals surface area (Å²) in [7, 11) is 2.63. The van der Waals surface area contributed by atoms with Crippen LogP contribution in [0.1, 0.15) is 12.5 Å². The number of fused-ring (bicyclic) bond motifs is 1. The van der Waals surface area contributed by atoms with Gasteiger partial charge in [-0.25, -0.2) is 4.79 Å². The van der Waals surface area contributed by atoms with Gasteiger partial charge in [0.2, 0.25) is 29.5 Å². The lowest BCUT2D eigenvalue weighted by Gasteiger charge is -2.45. The van der Waals surface area contributed by atoms with E-state index in [9.17, 15) is 65.8 Å². The molecule has 1 aromatic heterocycles. The number of aliphatic hydroxyl groups is 9. The number of benzene rings is 3. The molecule has 3 aromatic carbocycles. The van der Waals surface area contributed by atoms with Gasteiger partial charge in [-0.05, 0) is 67.1 Å². The van der Waals surface area contributed by atoms with Crippen molar-refractivity contribution in [3.63, 3.8) is 0 Å². The van der Waals surface area contributed by atoms with Crippen molar-refractivity contribution in [1.82, 2.24) is 0 Å². The van der Waals surface area contributed by atoms with Crippen LogP contribution in [0.3, 0.4) is 0 Å². The van der Waals surface area contributed by atoms with E-state index in [2.05, 4.69) is 0 Å². The number of esters is 1. The average molecular weight is 947 g/mol. The predicted molar refractivity (Wildman–Crippen MR) is 224 cm³/mol. The number of aromatic hydroxyl groups is 2. The van der Waals surface area contributed by atoms with Gasteiger partial charge in [-0.15, -0.1) is 0 Å². The molecule has 0 amide bonds. The molecule has 4 aromatic rings. The molecule has 0 unspecified atom stereocenters. The molecule has 0 saturated carbocycles.